The molecule has 0 spiro atoms. The van der Waals surface area contributed by atoms with Gasteiger partial charge in [0.15, 0.2) is 4.77 Å². The molecule has 1 fully saturated rings. The number of rotatable bonds is 1. The summed E-state index contributed by atoms with van der Waals surface area (Å²) in [7, 11) is 0. The summed E-state index contributed by atoms with van der Waals surface area (Å²) in [6.07, 6.45) is -1.46. The van der Waals surface area contributed by atoms with Gasteiger partial charge in [-0.3, -0.25) is 0 Å². The molecule has 1 aromatic carbocycles. The number of imidazole rings is 1. The molecular formula is C14H15F3N2OS. The van der Waals surface area contributed by atoms with E-state index in [-0.39, 0.29) is 6.04 Å². The van der Waals surface area contributed by atoms with Gasteiger partial charge in [-0.25, -0.2) is 0 Å². The van der Waals surface area contributed by atoms with Gasteiger partial charge in [-0.15, -0.1) is 0 Å². The van der Waals surface area contributed by atoms with Crippen LogP contribution in [0.25, 0.3) is 11.0 Å². The van der Waals surface area contributed by atoms with E-state index >= 15 is 0 Å². The first-order valence-corrected chi connectivity index (χ1v) is 7.28. The number of halogens is 3. The molecule has 2 unspecified atom stereocenters. The second-order valence-electron chi connectivity index (χ2n) is 5.45. The second kappa shape index (κ2) is 5.14. The smallest absolute Gasteiger partial charge is 0.391 e. The van der Waals surface area contributed by atoms with Crippen molar-refractivity contribution >= 4 is 23.3 Å². The van der Waals surface area contributed by atoms with Crippen LogP contribution < -0.4 is 0 Å². The van der Waals surface area contributed by atoms with E-state index in [0.717, 1.165) is 31.4 Å². The molecule has 0 radical (unpaired) electrons. The highest BCUT2D eigenvalue weighted by Crippen LogP contribution is 2.34. The molecule has 1 heterocycles. The predicted molar refractivity (Wildman–Crippen MR) is 75.6 cm³/mol. The minimum Gasteiger partial charge on any atom is -0.391 e. The van der Waals surface area contributed by atoms with Gasteiger partial charge in [0.25, 0.3) is 0 Å². The molecule has 0 amide bonds. The minimum atomic E-state index is -4.38. The third kappa shape index (κ3) is 2.60. The Morgan fingerprint density at radius 1 is 1.24 bits per heavy atom. The average molecular weight is 316 g/mol. The van der Waals surface area contributed by atoms with Crippen molar-refractivity contribution in [3.8, 4) is 0 Å². The van der Waals surface area contributed by atoms with Crippen LogP contribution in [0.2, 0.25) is 0 Å². The zero-order valence-electron chi connectivity index (χ0n) is 11.2. The SMILES string of the molecule is OC1CCCCC1n1c(=S)[nH]c2cc(C(F)(F)F)ccc21. The molecule has 2 aromatic rings. The Kier molecular flexibility index (Phi) is 3.57. The lowest BCUT2D eigenvalue weighted by Crippen LogP contribution is -2.27. The highest BCUT2D eigenvalue weighted by molar-refractivity contribution is 7.71. The van der Waals surface area contributed by atoms with Crippen molar-refractivity contribution in [2.75, 3.05) is 0 Å². The lowest BCUT2D eigenvalue weighted by Gasteiger charge is -2.29. The lowest BCUT2D eigenvalue weighted by molar-refractivity contribution is -0.137. The Bertz CT molecular complexity index is 719. The van der Waals surface area contributed by atoms with E-state index in [0.29, 0.717) is 22.2 Å². The summed E-state index contributed by atoms with van der Waals surface area (Å²) in [4.78, 5) is 2.82. The first-order chi connectivity index (χ1) is 9.88. The zero-order chi connectivity index (χ0) is 15.2. The van der Waals surface area contributed by atoms with Gasteiger partial charge < -0.3 is 14.7 Å². The molecule has 1 aromatic heterocycles. The van der Waals surface area contributed by atoms with Crippen LogP contribution in [-0.2, 0) is 6.18 Å². The Morgan fingerprint density at radius 2 is 1.95 bits per heavy atom. The fourth-order valence-corrected chi connectivity index (χ4v) is 3.37. The monoisotopic (exact) mass is 316 g/mol. The van der Waals surface area contributed by atoms with Gasteiger partial charge in [0.1, 0.15) is 0 Å². The molecule has 0 saturated heterocycles. The number of hydrogen-bond donors (Lipinski definition) is 2. The summed E-state index contributed by atoms with van der Waals surface area (Å²) in [5.74, 6) is 0. The Morgan fingerprint density at radius 3 is 2.62 bits per heavy atom. The number of nitrogens with zero attached hydrogens (tertiary/aromatic N) is 1. The van der Waals surface area contributed by atoms with E-state index in [2.05, 4.69) is 4.98 Å². The van der Waals surface area contributed by atoms with Crippen molar-refractivity contribution in [1.29, 1.82) is 0 Å². The third-order valence-electron chi connectivity index (χ3n) is 4.07. The number of nitrogens with one attached hydrogen (secondary N) is 1. The summed E-state index contributed by atoms with van der Waals surface area (Å²) in [6.45, 7) is 0. The number of aliphatic hydroxyl groups is 1. The molecule has 2 N–H and O–H groups in total. The van der Waals surface area contributed by atoms with Crippen LogP contribution in [-0.4, -0.2) is 20.8 Å². The number of fused-ring (bicyclic) bond motifs is 1. The lowest BCUT2D eigenvalue weighted by atomic mass is 9.92. The summed E-state index contributed by atoms with van der Waals surface area (Å²) >= 11 is 5.24. The number of hydrogen-bond acceptors (Lipinski definition) is 2. The van der Waals surface area contributed by atoms with Crippen molar-refractivity contribution in [3.05, 3.63) is 28.5 Å². The second-order valence-corrected chi connectivity index (χ2v) is 5.84. The van der Waals surface area contributed by atoms with Gasteiger partial charge in [-0.1, -0.05) is 12.8 Å². The summed E-state index contributed by atoms with van der Waals surface area (Å²) in [6, 6.07) is 3.37. The maximum absolute atomic E-state index is 12.8. The molecular weight excluding hydrogens is 301 g/mol. The quantitative estimate of drug-likeness (QED) is 0.774. The predicted octanol–water partition coefficient (Wildman–Crippen LogP) is 4.19. The van der Waals surface area contributed by atoms with Crippen molar-refractivity contribution in [3.63, 3.8) is 0 Å². The number of H-pyrrole nitrogens is 1. The average Bonchev–Trinajstić information content (AvgIpc) is 2.73. The number of aromatic amines is 1. The molecule has 21 heavy (non-hydrogen) atoms. The molecule has 3 rings (SSSR count). The van der Waals surface area contributed by atoms with E-state index in [1.807, 2.05) is 0 Å². The maximum atomic E-state index is 12.8. The van der Waals surface area contributed by atoms with E-state index < -0.39 is 17.8 Å². The molecule has 1 aliphatic rings. The highest BCUT2D eigenvalue weighted by Gasteiger charge is 2.32. The molecule has 3 nitrogen and oxygen atoms in total. The van der Waals surface area contributed by atoms with Gasteiger partial charge >= 0.3 is 6.18 Å². The third-order valence-corrected chi connectivity index (χ3v) is 4.37. The van der Waals surface area contributed by atoms with Crippen molar-refractivity contribution < 1.29 is 18.3 Å². The fraction of sp³-hybridized carbons (Fsp3) is 0.500. The van der Waals surface area contributed by atoms with Crippen LogP contribution in [0.3, 0.4) is 0 Å². The van der Waals surface area contributed by atoms with E-state index in [1.165, 1.54) is 6.07 Å². The Labute approximate surface area is 124 Å². The molecule has 2 atom stereocenters. The Hall–Kier alpha value is -1.34. The van der Waals surface area contributed by atoms with E-state index in [4.69, 9.17) is 12.2 Å². The molecule has 1 aliphatic carbocycles. The van der Waals surface area contributed by atoms with Crippen molar-refractivity contribution in [2.24, 2.45) is 0 Å². The van der Waals surface area contributed by atoms with Gasteiger partial charge in [0.05, 0.1) is 28.7 Å². The van der Waals surface area contributed by atoms with Crippen LogP contribution in [0, 0.1) is 4.77 Å². The molecule has 0 aliphatic heterocycles. The highest BCUT2D eigenvalue weighted by atomic mass is 32.1. The zero-order valence-corrected chi connectivity index (χ0v) is 12.0. The van der Waals surface area contributed by atoms with E-state index in [9.17, 15) is 18.3 Å². The molecule has 114 valence electrons. The first-order valence-electron chi connectivity index (χ1n) is 6.87. The van der Waals surface area contributed by atoms with Crippen LogP contribution in [0.4, 0.5) is 13.2 Å². The molecule has 1 saturated carbocycles. The summed E-state index contributed by atoms with van der Waals surface area (Å²) in [5, 5.41) is 10.1. The Balaban J connectivity index is 2.12. The number of aromatic nitrogens is 2. The van der Waals surface area contributed by atoms with Crippen LogP contribution in [0.1, 0.15) is 37.3 Å². The standard InChI is InChI=1S/C14H15F3N2OS/c15-14(16,17)8-5-6-10-9(7-8)18-13(21)19(10)11-3-1-2-4-12(11)20/h5-7,11-12,20H,1-4H2,(H,18,21). The number of benzene rings is 1. The summed E-state index contributed by atoms with van der Waals surface area (Å²) < 4.78 is 40.4. The van der Waals surface area contributed by atoms with Gasteiger partial charge in [-0.2, -0.15) is 13.2 Å². The van der Waals surface area contributed by atoms with Crippen LogP contribution >= 0.6 is 12.2 Å². The van der Waals surface area contributed by atoms with Gasteiger partial charge in [0, 0.05) is 0 Å². The number of alkyl halides is 3. The van der Waals surface area contributed by atoms with Crippen molar-refractivity contribution in [2.45, 2.75) is 44.0 Å². The van der Waals surface area contributed by atoms with E-state index in [1.54, 1.807) is 4.57 Å². The summed E-state index contributed by atoms with van der Waals surface area (Å²) in [5.41, 5.74) is 0.258. The largest absolute Gasteiger partial charge is 0.416 e. The van der Waals surface area contributed by atoms with Crippen LogP contribution in [0.5, 0.6) is 0 Å². The molecule has 0 bridgehead atoms. The first kappa shape index (κ1) is 14.6. The van der Waals surface area contributed by atoms with Crippen molar-refractivity contribution in [1.82, 2.24) is 9.55 Å². The minimum absolute atomic E-state index is 0.170. The maximum Gasteiger partial charge on any atom is 0.416 e. The normalized spacial score (nSPS) is 23.6. The van der Waals surface area contributed by atoms with Crippen LogP contribution in [0.15, 0.2) is 18.2 Å². The van der Waals surface area contributed by atoms with Gasteiger partial charge in [-0.05, 0) is 43.3 Å². The van der Waals surface area contributed by atoms with Gasteiger partial charge in [0.2, 0.25) is 0 Å². The number of aliphatic hydroxyl groups excluding tert-OH is 1. The topological polar surface area (TPSA) is 41.0 Å². The fourth-order valence-electron chi connectivity index (χ4n) is 3.03. The molecule has 7 heteroatoms.